The van der Waals surface area contributed by atoms with Crippen LogP contribution in [0.1, 0.15) is 19.0 Å². The number of hydrogen-bond acceptors (Lipinski definition) is 7. The molecule has 0 spiro atoms. The van der Waals surface area contributed by atoms with E-state index in [1.54, 1.807) is 6.07 Å². The van der Waals surface area contributed by atoms with E-state index in [0.29, 0.717) is 24.1 Å². The van der Waals surface area contributed by atoms with E-state index in [2.05, 4.69) is 21.8 Å². The van der Waals surface area contributed by atoms with Gasteiger partial charge in [0.25, 0.3) is 0 Å². The van der Waals surface area contributed by atoms with Crippen LogP contribution < -0.4 is 4.90 Å². The Hall–Kier alpha value is -0.860. The molecule has 118 valence electrons. The highest BCUT2D eigenvalue weighted by atomic mass is 32.2. The average Bonchev–Trinajstić information content (AvgIpc) is 2.45. The molecule has 1 aromatic heterocycles. The van der Waals surface area contributed by atoms with E-state index < -0.39 is 9.84 Å². The van der Waals surface area contributed by atoms with E-state index >= 15 is 0 Å². The minimum Gasteiger partial charge on any atom is -0.377 e. The molecule has 1 aliphatic heterocycles. The van der Waals surface area contributed by atoms with Crippen LogP contribution >= 0.6 is 11.8 Å². The quantitative estimate of drug-likeness (QED) is 0.596. The zero-order valence-corrected chi connectivity index (χ0v) is 14.2. The van der Waals surface area contributed by atoms with E-state index in [1.165, 1.54) is 18.0 Å². The van der Waals surface area contributed by atoms with Gasteiger partial charge in [0.15, 0.2) is 15.0 Å². The number of sulfone groups is 1. The molecule has 0 aliphatic carbocycles. The van der Waals surface area contributed by atoms with Crippen molar-refractivity contribution in [2.45, 2.75) is 30.3 Å². The first-order valence-corrected chi connectivity index (χ1v) is 10.2. The molecule has 2 heterocycles. The molecule has 0 aromatic carbocycles. The van der Waals surface area contributed by atoms with Crippen molar-refractivity contribution >= 4 is 27.4 Å². The van der Waals surface area contributed by atoms with Gasteiger partial charge in [-0.1, -0.05) is 18.7 Å². The first kappa shape index (κ1) is 16.5. The fourth-order valence-corrected chi connectivity index (χ4v) is 3.41. The lowest BCUT2D eigenvalue weighted by Crippen LogP contribution is -2.45. The van der Waals surface area contributed by atoms with Crippen LogP contribution in [0.5, 0.6) is 0 Å². The Labute approximate surface area is 130 Å². The standard InChI is InChI=1S/C13H21N3O3S2/c1-4-11-8-19-6-5-16(11)12-7-10(9-21(3,17)18)14-13(15-12)20-2/h7,11H,4-6,8-9H2,1-3H3/t11-/m1/s1. The lowest BCUT2D eigenvalue weighted by molar-refractivity contribution is 0.0925. The molecule has 1 saturated heterocycles. The number of hydrogen-bond donors (Lipinski definition) is 0. The summed E-state index contributed by atoms with van der Waals surface area (Å²) in [6.07, 6.45) is 4.07. The third kappa shape index (κ3) is 4.55. The molecular weight excluding hydrogens is 310 g/mol. The summed E-state index contributed by atoms with van der Waals surface area (Å²) in [5.74, 6) is 0.736. The smallest absolute Gasteiger partial charge is 0.189 e. The zero-order chi connectivity index (χ0) is 15.5. The van der Waals surface area contributed by atoms with Gasteiger partial charge in [-0.15, -0.1) is 0 Å². The number of thioether (sulfide) groups is 1. The largest absolute Gasteiger partial charge is 0.377 e. The molecular formula is C13H21N3O3S2. The monoisotopic (exact) mass is 331 g/mol. The molecule has 1 aromatic rings. The number of anilines is 1. The number of nitrogens with zero attached hydrogens (tertiary/aromatic N) is 3. The van der Waals surface area contributed by atoms with Crippen molar-refractivity contribution in [1.82, 2.24) is 9.97 Å². The number of aromatic nitrogens is 2. The predicted octanol–water partition coefficient (Wildman–Crippen LogP) is 1.36. The van der Waals surface area contributed by atoms with Crippen LogP contribution in [0.3, 0.4) is 0 Å². The highest BCUT2D eigenvalue weighted by Gasteiger charge is 2.24. The van der Waals surface area contributed by atoms with Gasteiger partial charge in [0.05, 0.1) is 30.7 Å². The second-order valence-corrected chi connectivity index (χ2v) is 8.02. The van der Waals surface area contributed by atoms with Gasteiger partial charge in [-0.25, -0.2) is 18.4 Å². The minimum absolute atomic E-state index is 0.0583. The number of ether oxygens (including phenoxy) is 1. The minimum atomic E-state index is -3.11. The van der Waals surface area contributed by atoms with E-state index in [-0.39, 0.29) is 11.8 Å². The van der Waals surface area contributed by atoms with Gasteiger partial charge in [-0.3, -0.25) is 0 Å². The van der Waals surface area contributed by atoms with Crippen molar-refractivity contribution in [3.63, 3.8) is 0 Å². The molecule has 21 heavy (non-hydrogen) atoms. The maximum atomic E-state index is 11.5. The fraction of sp³-hybridized carbons (Fsp3) is 0.692. The first-order chi connectivity index (χ1) is 9.93. The number of rotatable bonds is 5. The lowest BCUT2D eigenvalue weighted by Gasteiger charge is -2.36. The molecule has 8 heteroatoms. The Morgan fingerprint density at radius 2 is 2.24 bits per heavy atom. The van der Waals surface area contributed by atoms with Crippen LogP contribution in [0, 0.1) is 0 Å². The van der Waals surface area contributed by atoms with E-state index in [1.807, 2.05) is 6.26 Å². The topological polar surface area (TPSA) is 72.4 Å². The Morgan fingerprint density at radius 3 is 2.86 bits per heavy atom. The van der Waals surface area contributed by atoms with E-state index in [4.69, 9.17) is 4.74 Å². The molecule has 1 fully saturated rings. The van der Waals surface area contributed by atoms with Gasteiger partial charge >= 0.3 is 0 Å². The molecule has 0 N–H and O–H groups in total. The maximum Gasteiger partial charge on any atom is 0.189 e. The Morgan fingerprint density at radius 1 is 1.48 bits per heavy atom. The van der Waals surface area contributed by atoms with E-state index in [0.717, 1.165) is 18.8 Å². The van der Waals surface area contributed by atoms with Crippen LogP contribution in [-0.2, 0) is 20.3 Å². The summed E-state index contributed by atoms with van der Waals surface area (Å²) in [6.45, 7) is 4.22. The van der Waals surface area contributed by atoms with Crippen molar-refractivity contribution in [3.05, 3.63) is 11.8 Å². The predicted molar refractivity (Wildman–Crippen MR) is 84.6 cm³/mol. The van der Waals surface area contributed by atoms with Gasteiger partial charge in [-0.2, -0.15) is 0 Å². The van der Waals surface area contributed by atoms with Gasteiger partial charge in [0, 0.05) is 18.9 Å². The molecule has 0 saturated carbocycles. The molecule has 6 nitrogen and oxygen atoms in total. The Kier molecular flexibility index (Phi) is 5.45. The summed E-state index contributed by atoms with van der Waals surface area (Å²) in [5.41, 5.74) is 0.549. The molecule has 0 bridgehead atoms. The zero-order valence-electron chi connectivity index (χ0n) is 12.6. The average molecular weight is 331 g/mol. The first-order valence-electron chi connectivity index (χ1n) is 6.87. The second-order valence-electron chi connectivity index (χ2n) is 5.10. The molecule has 1 aliphatic rings. The highest BCUT2D eigenvalue weighted by molar-refractivity contribution is 7.98. The van der Waals surface area contributed by atoms with Crippen molar-refractivity contribution < 1.29 is 13.2 Å². The Balaban J connectivity index is 2.35. The van der Waals surface area contributed by atoms with Gasteiger partial charge in [-0.05, 0) is 12.7 Å². The fourth-order valence-electron chi connectivity index (χ4n) is 2.34. The lowest BCUT2D eigenvalue weighted by atomic mass is 10.2. The SMILES string of the molecule is CC[C@@H]1COCCN1c1cc(CS(C)(=O)=O)nc(SC)n1. The third-order valence-electron chi connectivity index (χ3n) is 3.33. The maximum absolute atomic E-state index is 11.5. The summed E-state index contributed by atoms with van der Waals surface area (Å²) in [4.78, 5) is 11.0. The molecule has 0 unspecified atom stereocenters. The Bertz CT molecular complexity index is 592. The summed E-state index contributed by atoms with van der Waals surface area (Å²) in [5, 5.41) is 0.604. The van der Waals surface area contributed by atoms with Crippen LogP contribution in [-0.4, -0.2) is 56.7 Å². The van der Waals surface area contributed by atoms with Gasteiger partial charge in [0.1, 0.15) is 5.82 Å². The summed E-state index contributed by atoms with van der Waals surface area (Å²) in [6, 6.07) is 2.06. The summed E-state index contributed by atoms with van der Waals surface area (Å²) >= 11 is 1.42. The summed E-state index contributed by atoms with van der Waals surface area (Å²) < 4.78 is 28.5. The van der Waals surface area contributed by atoms with Crippen molar-refractivity contribution in [2.75, 3.05) is 37.2 Å². The van der Waals surface area contributed by atoms with Crippen molar-refractivity contribution in [3.8, 4) is 0 Å². The molecule has 2 rings (SSSR count). The number of morpholine rings is 1. The second kappa shape index (κ2) is 6.93. The highest BCUT2D eigenvalue weighted by Crippen LogP contribution is 2.23. The van der Waals surface area contributed by atoms with Crippen LogP contribution in [0.4, 0.5) is 5.82 Å². The van der Waals surface area contributed by atoms with Crippen LogP contribution in [0.25, 0.3) is 0 Å². The van der Waals surface area contributed by atoms with Crippen LogP contribution in [0.2, 0.25) is 0 Å². The van der Waals surface area contributed by atoms with E-state index in [9.17, 15) is 8.42 Å². The van der Waals surface area contributed by atoms with Crippen molar-refractivity contribution in [2.24, 2.45) is 0 Å². The molecule has 0 radical (unpaired) electrons. The molecule has 0 amide bonds. The van der Waals surface area contributed by atoms with Crippen molar-refractivity contribution in [1.29, 1.82) is 0 Å². The normalized spacial score (nSPS) is 19.8. The molecule has 1 atom stereocenters. The third-order valence-corrected chi connectivity index (χ3v) is 4.70. The summed E-state index contributed by atoms with van der Waals surface area (Å²) in [7, 11) is -3.11. The van der Waals surface area contributed by atoms with Crippen LogP contribution in [0.15, 0.2) is 11.2 Å². The van der Waals surface area contributed by atoms with Gasteiger partial charge < -0.3 is 9.64 Å². The van der Waals surface area contributed by atoms with Gasteiger partial charge in [0.2, 0.25) is 0 Å².